The molecule has 0 spiro atoms. The number of piperazine rings is 1. The van der Waals surface area contributed by atoms with Crippen LogP contribution in [0.5, 0.6) is 0 Å². The normalized spacial score (nSPS) is 18.6. The first kappa shape index (κ1) is 13.3. The highest BCUT2D eigenvalue weighted by Gasteiger charge is 2.40. The second-order valence-corrected chi connectivity index (χ2v) is 5.14. The summed E-state index contributed by atoms with van der Waals surface area (Å²) in [6.07, 6.45) is 1.46. The second-order valence-electron chi connectivity index (χ2n) is 5.14. The molecular formula is C13H17N3O3. The van der Waals surface area contributed by atoms with Gasteiger partial charge in [-0.2, -0.15) is 0 Å². The third-order valence-corrected chi connectivity index (χ3v) is 3.48. The Labute approximate surface area is 111 Å². The molecule has 102 valence electrons. The zero-order valence-corrected chi connectivity index (χ0v) is 11.3. The van der Waals surface area contributed by atoms with Crippen LogP contribution >= 0.6 is 0 Å². The van der Waals surface area contributed by atoms with Gasteiger partial charge in [-0.05, 0) is 26.0 Å². The molecule has 0 aliphatic carbocycles. The van der Waals surface area contributed by atoms with Crippen molar-refractivity contribution in [2.24, 2.45) is 0 Å². The van der Waals surface area contributed by atoms with Crippen molar-refractivity contribution < 1.29 is 14.7 Å². The van der Waals surface area contributed by atoms with Crippen molar-refractivity contribution in [3.05, 3.63) is 24.0 Å². The van der Waals surface area contributed by atoms with Gasteiger partial charge in [0.15, 0.2) is 0 Å². The lowest BCUT2D eigenvalue weighted by molar-refractivity contribution is -0.136. The fraction of sp³-hybridized carbons (Fsp3) is 0.462. The van der Waals surface area contributed by atoms with Gasteiger partial charge in [0, 0.05) is 32.0 Å². The number of pyridine rings is 1. The van der Waals surface area contributed by atoms with Crippen LogP contribution in [0.15, 0.2) is 18.3 Å². The molecule has 2 rings (SSSR count). The van der Waals surface area contributed by atoms with Crippen molar-refractivity contribution in [3.63, 3.8) is 0 Å². The van der Waals surface area contributed by atoms with Crippen molar-refractivity contribution in [1.82, 2.24) is 9.88 Å². The number of hydrogen-bond donors (Lipinski definition) is 1. The van der Waals surface area contributed by atoms with Gasteiger partial charge in [0.05, 0.1) is 0 Å². The third-order valence-electron chi connectivity index (χ3n) is 3.48. The molecule has 1 aliphatic heterocycles. The van der Waals surface area contributed by atoms with E-state index in [4.69, 9.17) is 5.11 Å². The van der Waals surface area contributed by atoms with E-state index in [-0.39, 0.29) is 11.6 Å². The SMILES string of the molecule is CN1CCN(c2ccnc(C(=O)O)c2)C(C)(C)C1=O. The van der Waals surface area contributed by atoms with Gasteiger partial charge >= 0.3 is 5.97 Å². The molecule has 0 unspecified atom stereocenters. The van der Waals surface area contributed by atoms with Gasteiger partial charge in [-0.3, -0.25) is 4.79 Å². The molecule has 1 aliphatic rings. The van der Waals surface area contributed by atoms with E-state index in [1.165, 1.54) is 12.3 Å². The van der Waals surface area contributed by atoms with Crippen LogP contribution in [0.3, 0.4) is 0 Å². The van der Waals surface area contributed by atoms with E-state index < -0.39 is 11.5 Å². The average molecular weight is 263 g/mol. The summed E-state index contributed by atoms with van der Waals surface area (Å²) in [6.45, 7) is 4.96. The van der Waals surface area contributed by atoms with E-state index in [0.717, 1.165) is 0 Å². The molecule has 1 fully saturated rings. The maximum absolute atomic E-state index is 12.2. The highest BCUT2D eigenvalue weighted by atomic mass is 16.4. The molecule has 19 heavy (non-hydrogen) atoms. The molecule has 1 amide bonds. The first-order valence-corrected chi connectivity index (χ1v) is 6.06. The van der Waals surface area contributed by atoms with Crippen LogP contribution in [0.2, 0.25) is 0 Å². The third kappa shape index (κ3) is 2.25. The Bertz CT molecular complexity index is 528. The Morgan fingerprint density at radius 1 is 1.42 bits per heavy atom. The van der Waals surface area contributed by atoms with Gasteiger partial charge in [-0.15, -0.1) is 0 Å². The summed E-state index contributed by atoms with van der Waals surface area (Å²) in [7, 11) is 1.77. The minimum atomic E-state index is -1.07. The van der Waals surface area contributed by atoms with Gasteiger partial charge in [-0.1, -0.05) is 0 Å². The van der Waals surface area contributed by atoms with Crippen molar-refractivity contribution in [2.75, 3.05) is 25.0 Å². The number of aromatic nitrogens is 1. The van der Waals surface area contributed by atoms with Crippen LogP contribution in [0.1, 0.15) is 24.3 Å². The molecule has 2 heterocycles. The average Bonchev–Trinajstić information content (AvgIpc) is 2.36. The molecule has 1 aromatic heterocycles. The molecule has 1 N–H and O–H groups in total. The van der Waals surface area contributed by atoms with Gasteiger partial charge < -0.3 is 14.9 Å². The van der Waals surface area contributed by atoms with Crippen molar-refractivity contribution in [1.29, 1.82) is 0 Å². The molecule has 6 nitrogen and oxygen atoms in total. The van der Waals surface area contributed by atoms with Crippen molar-refractivity contribution >= 4 is 17.6 Å². The van der Waals surface area contributed by atoms with E-state index in [2.05, 4.69) is 4.98 Å². The van der Waals surface area contributed by atoms with E-state index >= 15 is 0 Å². The zero-order chi connectivity index (χ0) is 14.2. The maximum Gasteiger partial charge on any atom is 0.354 e. The lowest BCUT2D eigenvalue weighted by Gasteiger charge is -2.46. The van der Waals surface area contributed by atoms with Crippen molar-refractivity contribution in [3.8, 4) is 0 Å². The van der Waals surface area contributed by atoms with E-state index in [1.54, 1.807) is 18.0 Å². The van der Waals surface area contributed by atoms with Crippen LogP contribution in [-0.4, -0.2) is 52.5 Å². The summed E-state index contributed by atoms with van der Waals surface area (Å²) in [5.74, 6) is -1.05. The number of carboxylic acid groups (broad SMARTS) is 1. The van der Waals surface area contributed by atoms with E-state index in [1.807, 2.05) is 18.7 Å². The van der Waals surface area contributed by atoms with Crippen LogP contribution in [0.4, 0.5) is 5.69 Å². The largest absolute Gasteiger partial charge is 0.477 e. The quantitative estimate of drug-likeness (QED) is 0.855. The van der Waals surface area contributed by atoms with Crippen LogP contribution in [0.25, 0.3) is 0 Å². The Hall–Kier alpha value is -2.11. The number of anilines is 1. The molecular weight excluding hydrogens is 246 g/mol. The fourth-order valence-electron chi connectivity index (χ4n) is 2.37. The molecule has 0 radical (unpaired) electrons. The molecule has 1 aromatic rings. The Kier molecular flexibility index (Phi) is 3.18. The first-order chi connectivity index (χ1) is 8.84. The summed E-state index contributed by atoms with van der Waals surface area (Å²) < 4.78 is 0. The standard InChI is InChI=1S/C13H17N3O3/c1-13(2)12(19)15(3)6-7-16(13)9-4-5-14-10(8-9)11(17)18/h4-5,8H,6-7H2,1-3H3,(H,17,18). The summed E-state index contributed by atoms with van der Waals surface area (Å²) in [4.78, 5) is 30.6. The molecule has 0 aromatic carbocycles. The number of rotatable bonds is 2. The Morgan fingerprint density at radius 3 is 2.74 bits per heavy atom. The summed E-state index contributed by atoms with van der Waals surface area (Å²) in [5.41, 5.74) is 0.00273. The highest BCUT2D eigenvalue weighted by molar-refractivity contribution is 5.91. The van der Waals surface area contributed by atoms with Gasteiger partial charge in [0.25, 0.3) is 0 Å². The predicted octanol–water partition coefficient (Wildman–Crippen LogP) is 0.837. The van der Waals surface area contributed by atoms with Crippen LogP contribution < -0.4 is 4.90 Å². The van der Waals surface area contributed by atoms with Crippen LogP contribution in [-0.2, 0) is 4.79 Å². The lowest BCUT2D eigenvalue weighted by atomic mass is 9.97. The smallest absolute Gasteiger partial charge is 0.354 e. The first-order valence-electron chi connectivity index (χ1n) is 6.06. The van der Waals surface area contributed by atoms with Crippen molar-refractivity contribution in [2.45, 2.75) is 19.4 Å². The number of carbonyl (C=O) groups excluding carboxylic acids is 1. The fourth-order valence-corrected chi connectivity index (χ4v) is 2.37. The molecule has 0 bridgehead atoms. The number of likely N-dealkylation sites (N-methyl/N-ethyl adjacent to an activating group) is 1. The molecule has 0 saturated carbocycles. The number of amides is 1. The minimum absolute atomic E-state index is 0.0142. The summed E-state index contributed by atoms with van der Waals surface area (Å²) >= 11 is 0. The minimum Gasteiger partial charge on any atom is -0.477 e. The van der Waals surface area contributed by atoms with Crippen LogP contribution in [0, 0.1) is 0 Å². The monoisotopic (exact) mass is 263 g/mol. The molecule has 1 saturated heterocycles. The molecule has 0 atom stereocenters. The van der Waals surface area contributed by atoms with E-state index in [0.29, 0.717) is 18.8 Å². The number of carbonyl (C=O) groups is 2. The number of nitrogens with zero attached hydrogens (tertiary/aromatic N) is 3. The Morgan fingerprint density at radius 2 is 2.11 bits per heavy atom. The van der Waals surface area contributed by atoms with Gasteiger partial charge in [0.1, 0.15) is 11.2 Å². The second kappa shape index (κ2) is 4.53. The molecule has 6 heteroatoms. The highest BCUT2D eigenvalue weighted by Crippen LogP contribution is 2.28. The number of hydrogen-bond acceptors (Lipinski definition) is 4. The summed E-state index contributed by atoms with van der Waals surface area (Å²) in [6, 6.07) is 3.23. The van der Waals surface area contributed by atoms with Gasteiger partial charge in [0.2, 0.25) is 5.91 Å². The zero-order valence-electron chi connectivity index (χ0n) is 11.3. The predicted molar refractivity (Wildman–Crippen MR) is 70.3 cm³/mol. The lowest BCUT2D eigenvalue weighted by Crippen LogP contribution is -2.62. The summed E-state index contributed by atoms with van der Waals surface area (Å²) in [5, 5.41) is 8.98. The van der Waals surface area contributed by atoms with Gasteiger partial charge in [-0.25, -0.2) is 9.78 Å². The Balaban J connectivity index is 2.38. The number of carboxylic acids is 1. The van der Waals surface area contributed by atoms with E-state index in [9.17, 15) is 9.59 Å². The maximum atomic E-state index is 12.2. The number of aromatic carboxylic acids is 1. The topological polar surface area (TPSA) is 73.7 Å².